The number of thioether (sulfide) groups is 1. The second kappa shape index (κ2) is 9.76. The van der Waals surface area contributed by atoms with Crippen LogP contribution in [0.15, 0.2) is 76.2 Å². The van der Waals surface area contributed by atoms with E-state index in [2.05, 4.69) is 0 Å². The number of halogens is 1. The Bertz CT molecular complexity index is 1160. The van der Waals surface area contributed by atoms with E-state index in [0.29, 0.717) is 27.0 Å². The van der Waals surface area contributed by atoms with E-state index >= 15 is 0 Å². The van der Waals surface area contributed by atoms with Crippen molar-refractivity contribution in [2.45, 2.75) is 0 Å². The number of rotatable bonds is 7. The second-order valence-corrected chi connectivity index (χ2v) is 8.00. The highest BCUT2D eigenvalue weighted by Crippen LogP contribution is 2.32. The van der Waals surface area contributed by atoms with Crippen molar-refractivity contribution < 1.29 is 28.3 Å². The zero-order valence-electron chi connectivity index (χ0n) is 16.5. The van der Waals surface area contributed by atoms with E-state index in [9.17, 15) is 14.4 Å². The van der Waals surface area contributed by atoms with Gasteiger partial charge in [-0.25, -0.2) is 4.79 Å². The molecular formula is C23H16ClNO6S. The molecule has 1 saturated heterocycles. The fourth-order valence-electron chi connectivity index (χ4n) is 2.81. The molecule has 1 fully saturated rings. The summed E-state index contributed by atoms with van der Waals surface area (Å²) < 4.78 is 15.8. The maximum Gasteiger partial charge on any atom is 0.379 e. The van der Waals surface area contributed by atoms with Crippen LogP contribution in [-0.2, 0) is 4.79 Å². The monoisotopic (exact) mass is 469 g/mol. The molecule has 0 unspecified atom stereocenters. The third kappa shape index (κ3) is 5.22. The highest BCUT2D eigenvalue weighted by molar-refractivity contribution is 8.18. The van der Waals surface area contributed by atoms with E-state index in [0.717, 1.165) is 16.7 Å². The predicted octanol–water partition coefficient (Wildman–Crippen LogP) is 5.27. The molecule has 1 aliphatic rings. The minimum absolute atomic E-state index is 0.0998. The molecule has 1 aromatic heterocycles. The number of amides is 2. The first-order chi connectivity index (χ1) is 15.5. The highest BCUT2D eigenvalue weighted by Gasteiger charge is 2.34. The maximum atomic E-state index is 12.6. The molecule has 2 amide bonds. The van der Waals surface area contributed by atoms with E-state index in [4.69, 9.17) is 25.5 Å². The lowest BCUT2D eigenvalue weighted by Gasteiger charge is -2.13. The van der Waals surface area contributed by atoms with Crippen molar-refractivity contribution in [3.05, 3.63) is 88.2 Å². The van der Waals surface area contributed by atoms with Crippen LogP contribution in [0.4, 0.5) is 4.79 Å². The Labute approximate surface area is 192 Å². The zero-order valence-corrected chi connectivity index (χ0v) is 18.1. The van der Waals surface area contributed by atoms with Gasteiger partial charge in [0.15, 0.2) is 0 Å². The van der Waals surface area contributed by atoms with Crippen molar-refractivity contribution in [1.29, 1.82) is 0 Å². The van der Waals surface area contributed by atoms with Gasteiger partial charge >= 0.3 is 5.97 Å². The van der Waals surface area contributed by atoms with Gasteiger partial charge in [-0.2, -0.15) is 0 Å². The number of imide groups is 1. The lowest BCUT2D eigenvalue weighted by atomic mass is 10.2. The zero-order chi connectivity index (χ0) is 22.5. The van der Waals surface area contributed by atoms with Crippen LogP contribution < -0.4 is 9.47 Å². The van der Waals surface area contributed by atoms with Crippen molar-refractivity contribution in [3.8, 4) is 11.5 Å². The number of carbonyl (C=O) groups excluding carboxylic acids is 3. The molecule has 32 heavy (non-hydrogen) atoms. The molecule has 0 aliphatic carbocycles. The largest absolute Gasteiger partial charge is 0.492 e. The van der Waals surface area contributed by atoms with E-state index in [-0.39, 0.29) is 30.1 Å². The van der Waals surface area contributed by atoms with E-state index in [1.807, 2.05) is 0 Å². The standard InChI is InChI=1S/C23H16ClNO6S/c24-16-5-9-17(10-6-16)29-13-11-25-21(26)20(32-23(25)28)14-15-3-7-18(8-4-15)31-22(27)19-2-1-12-30-19/h1-10,12,14H,11,13H2/b20-14-. The van der Waals surface area contributed by atoms with Gasteiger partial charge in [-0.3, -0.25) is 14.5 Å². The Morgan fingerprint density at radius 3 is 2.44 bits per heavy atom. The first-order valence-electron chi connectivity index (χ1n) is 9.49. The van der Waals surface area contributed by atoms with Crippen molar-refractivity contribution in [3.63, 3.8) is 0 Å². The lowest BCUT2D eigenvalue weighted by molar-refractivity contribution is -0.123. The van der Waals surface area contributed by atoms with Crippen LogP contribution >= 0.6 is 23.4 Å². The fraction of sp³-hybridized carbons (Fsp3) is 0.0870. The molecule has 0 bridgehead atoms. The molecule has 0 N–H and O–H groups in total. The molecule has 0 radical (unpaired) electrons. The molecule has 1 aliphatic heterocycles. The summed E-state index contributed by atoms with van der Waals surface area (Å²) in [5.41, 5.74) is 0.686. The smallest absolute Gasteiger partial charge is 0.379 e. The third-order valence-corrected chi connectivity index (χ3v) is 5.54. The van der Waals surface area contributed by atoms with Crippen LogP contribution in [0, 0.1) is 0 Å². The molecule has 9 heteroatoms. The molecule has 3 aromatic rings. The van der Waals surface area contributed by atoms with Crippen molar-refractivity contribution in [2.24, 2.45) is 0 Å². The number of hydrogen-bond acceptors (Lipinski definition) is 7. The van der Waals surface area contributed by atoms with Crippen LogP contribution in [0.5, 0.6) is 11.5 Å². The number of benzene rings is 2. The van der Waals surface area contributed by atoms with E-state index < -0.39 is 5.97 Å². The van der Waals surface area contributed by atoms with Crippen molar-refractivity contribution in [2.75, 3.05) is 13.2 Å². The number of ether oxygens (including phenoxy) is 2. The highest BCUT2D eigenvalue weighted by atomic mass is 35.5. The van der Waals surface area contributed by atoms with Gasteiger partial charge in [0, 0.05) is 5.02 Å². The summed E-state index contributed by atoms with van der Waals surface area (Å²) in [4.78, 5) is 38.2. The summed E-state index contributed by atoms with van der Waals surface area (Å²) in [6, 6.07) is 16.5. The topological polar surface area (TPSA) is 86.0 Å². The number of furan rings is 1. The van der Waals surface area contributed by atoms with E-state index in [1.54, 1.807) is 60.7 Å². The Morgan fingerprint density at radius 1 is 1.03 bits per heavy atom. The average molecular weight is 470 g/mol. The Kier molecular flexibility index (Phi) is 6.63. The molecule has 2 aromatic carbocycles. The van der Waals surface area contributed by atoms with Crippen LogP contribution in [0.1, 0.15) is 16.1 Å². The first kappa shape index (κ1) is 21.7. The normalized spacial score (nSPS) is 14.8. The Balaban J connectivity index is 1.34. The molecule has 0 saturated carbocycles. The van der Waals surface area contributed by atoms with Crippen LogP contribution in [0.3, 0.4) is 0 Å². The molecule has 4 rings (SSSR count). The van der Waals surface area contributed by atoms with Gasteiger partial charge in [0.1, 0.15) is 18.1 Å². The number of carbonyl (C=O) groups is 3. The number of nitrogens with zero attached hydrogens (tertiary/aromatic N) is 1. The fourth-order valence-corrected chi connectivity index (χ4v) is 3.80. The SMILES string of the molecule is O=C(Oc1ccc(/C=C2\SC(=O)N(CCOc3ccc(Cl)cc3)C2=O)cc1)c1ccco1. The average Bonchev–Trinajstić information content (AvgIpc) is 3.41. The molecule has 162 valence electrons. The minimum atomic E-state index is -0.607. The quantitative estimate of drug-likeness (QED) is 0.265. The Hall–Kier alpha value is -3.49. The van der Waals surface area contributed by atoms with Crippen molar-refractivity contribution in [1.82, 2.24) is 4.90 Å². The summed E-state index contributed by atoms with van der Waals surface area (Å²) in [7, 11) is 0. The van der Waals surface area contributed by atoms with Gasteiger partial charge in [0.05, 0.1) is 17.7 Å². The number of hydrogen-bond donors (Lipinski definition) is 0. The van der Waals surface area contributed by atoms with Crippen LogP contribution in [0.2, 0.25) is 5.02 Å². The summed E-state index contributed by atoms with van der Waals surface area (Å²) >= 11 is 6.70. The minimum Gasteiger partial charge on any atom is -0.492 e. The maximum absolute atomic E-state index is 12.6. The Morgan fingerprint density at radius 2 is 1.75 bits per heavy atom. The molecule has 2 heterocycles. The first-order valence-corrected chi connectivity index (χ1v) is 10.7. The second-order valence-electron chi connectivity index (χ2n) is 6.57. The molecule has 0 spiro atoms. The van der Waals surface area contributed by atoms with Crippen LogP contribution in [-0.4, -0.2) is 35.2 Å². The van der Waals surface area contributed by atoms with Crippen LogP contribution in [0.25, 0.3) is 6.08 Å². The van der Waals surface area contributed by atoms with Gasteiger partial charge in [-0.1, -0.05) is 23.7 Å². The number of esters is 1. The predicted molar refractivity (Wildman–Crippen MR) is 120 cm³/mol. The van der Waals surface area contributed by atoms with Gasteiger partial charge < -0.3 is 13.9 Å². The lowest BCUT2D eigenvalue weighted by Crippen LogP contribution is -2.32. The van der Waals surface area contributed by atoms with E-state index in [1.165, 1.54) is 12.3 Å². The summed E-state index contributed by atoms with van der Waals surface area (Å²) in [6.07, 6.45) is 3.00. The third-order valence-electron chi connectivity index (χ3n) is 4.38. The molecular weight excluding hydrogens is 454 g/mol. The summed E-state index contributed by atoms with van der Waals surface area (Å²) in [5, 5.41) is 0.238. The van der Waals surface area contributed by atoms with Crippen molar-refractivity contribution >= 4 is 46.6 Å². The molecule has 7 nitrogen and oxygen atoms in total. The van der Waals surface area contributed by atoms with Gasteiger partial charge in [0.25, 0.3) is 11.1 Å². The summed E-state index contributed by atoms with van der Waals surface area (Å²) in [5.74, 6) is 0.0428. The summed E-state index contributed by atoms with van der Waals surface area (Å²) in [6.45, 7) is 0.301. The molecule has 0 atom stereocenters. The van der Waals surface area contributed by atoms with Gasteiger partial charge in [-0.05, 0) is 71.9 Å². The van der Waals surface area contributed by atoms with Gasteiger partial charge in [0.2, 0.25) is 5.76 Å². The van der Waals surface area contributed by atoms with Gasteiger partial charge in [-0.15, -0.1) is 0 Å².